The van der Waals surface area contributed by atoms with Crippen molar-refractivity contribution in [1.29, 1.82) is 5.26 Å². The van der Waals surface area contributed by atoms with Gasteiger partial charge in [-0.3, -0.25) is 4.79 Å². The minimum absolute atomic E-state index is 0.208. The summed E-state index contributed by atoms with van der Waals surface area (Å²) in [6.07, 6.45) is 0.994. The topological polar surface area (TPSA) is 132 Å². The first kappa shape index (κ1) is 27.2. The molecule has 3 heterocycles. The zero-order chi connectivity index (χ0) is 29.3. The lowest BCUT2D eigenvalue weighted by atomic mass is 9.97. The Kier molecular flexibility index (Phi) is 7.33. The second-order valence-corrected chi connectivity index (χ2v) is 9.16. The van der Waals surface area contributed by atoms with Crippen LogP contribution in [0.5, 0.6) is 11.8 Å². The van der Waals surface area contributed by atoms with Gasteiger partial charge in [0.1, 0.15) is 23.3 Å². The second-order valence-electron chi connectivity index (χ2n) is 8.75. The Hall–Kier alpha value is -5.34. The van der Waals surface area contributed by atoms with E-state index in [0.717, 1.165) is 12.1 Å². The molecule has 0 saturated carbocycles. The number of rotatable bonds is 7. The minimum Gasteiger partial charge on any atom is -0.424 e. The van der Waals surface area contributed by atoms with Crippen molar-refractivity contribution >= 4 is 39.9 Å². The molecule has 9 nitrogen and oxygen atoms in total. The van der Waals surface area contributed by atoms with E-state index < -0.39 is 12.1 Å². The first-order chi connectivity index (χ1) is 19.7. The quantitative estimate of drug-likeness (QED) is 0.209. The first-order valence-corrected chi connectivity index (χ1v) is 12.4. The molecule has 0 spiro atoms. The molecule has 41 heavy (non-hydrogen) atoms. The van der Waals surface area contributed by atoms with Crippen molar-refractivity contribution in [2.75, 3.05) is 11.1 Å². The zero-order valence-electron chi connectivity index (χ0n) is 21.4. The average molecular weight is 572 g/mol. The van der Waals surface area contributed by atoms with Crippen molar-refractivity contribution in [3.8, 4) is 40.2 Å². The lowest BCUT2D eigenvalue weighted by Gasteiger charge is -2.13. The Morgan fingerprint density at radius 1 is 1.22 bits per heavy atom. The number of nitrogens with zero attached hydrogens (tertiary/aromatic N) is 5. The normalized spacial score (nSPS) is 10.9. The van der Waals surface area contributed by atoms with E-state index in [9.17, 15) is 18.8 Å². The van der Waals surface area contributed by atoms with Gasteiger partial charge in [-0.1, -0.05) is 30.3 Å². The van der Waals surface area contributed by atoms with Gasteiger partial charge in [-0.15, -0.1) is 0 Å². The van der Waals surface area contributed by atoms with Gasteiger partial charge in [-0.05, 0) is 48.0 Å². The van der Waals surface area contributed by atoms with Gasteiger partial charge in [-0.2, -0.15) is 10.2 Å². The van der Waals surface area contributed by atoms with Crippen LogP contribution in [0.4, 0.5) is 20.3 Å². The molecule has 0 bridgehead atoms. The molecular formula is C29H20ClF2N7O2. The number of nitrogens with one attached hydrogen (secondary N) is 1. The summed E-state index contributed by atoms with van der Waals surface area (Å²) >= 11 is 6.72. The number of carbonyl (C=O) groups is 1. The van der Waals surface area contributed by atoms with E-state index in [1.165, 1.54) is 12.4 Å². The first-order valence-electron chi connectivity index (χ1n) is 12.0. The molecule has 3 aromatic heterocycles. The largest absolute Gasteiger partial charge is 0.424 e. The van der Waals surface area contributed by atoms with E-state index >= 15 is 0 Å². The fraction of sp³-hybridized carbons (Fsp3) is 0.0690. The Labute approximate surface area is 237 Å². The van der Waals surface area contributed by atoms with Crippen molar-refractivity contribution in [2.24, 2.45) is 7.05 Å². The maximum Gasteiger partial charge on any atom is 0.322 e. The molecule has 0 radical (unpaired) electrons. The number of aromatic nitrogens is 4. The number of hydrogen-bond donors (Lipinski definition) is 2. The number of aryl methyl sites for hydroxylation is 1. The number of anilines is 2. The highest BCUT2D eigenvalue weighted by atomic mass is 35.5. The Morgan fingerprint density at radius 2 is 1.98 bits per heavy atom. The van der Waals surface area contributed by atoms with Crippen molar-refractivity contribution in [3.05, 3.63) is 89.9 Å². The predicted octanol–water partition coefficient (Wildman–Crippen LogP) is 6.66. The highest BCUT2D eigenvalue weighted by molar-refractivity contribution is 6.34. The fourth-order valence-electron chi connectivity index (χ4n) is 4.48. The number of halogens is 3. The lowest BCUT2D eigenvalue weighted by Crippen LogP contribution is -2.07. The van der Waals surface area contributed by atoms with Crippen molar-refractivity contribution < 1.29 is 18.3 Å². The smallest absolute Gasteiger partial charge is 0.322 e. The van der Waals surface area contributed by atoms with Gasteiger partial charge in [0.15, 0.2) is 0 Å². The molecule has 0 unspecified atom stereocenters. The van der Waals surface area contributed by atoms with Crippen LogP contribution in [0.15, 0.2) is 73.6 Å². The highest BCUT2D eigenvalue weighted by Gasteiger charge is 2.25. The summed E-state index contributed by atoms with van der Waals surface area (Å²) < 4.78 is 33.5. The number of alkyl halides is 2. The third-order valence-electron chi connectivity index (χ3n) is 6.27. The van der Waals surface area contributed by atoms with Gasteiger partial charge in [-0.25, -0.2) is 18.7 Å². The van der Waals surface area contributed by atoms with E-state index in [2.05, 4.69) is 32.9 Å². The number of carbonyl (C=O) groups excluding carboxylic acids is 1. The predicted molar refractivity (Wildman–Crippen MR) is 152 cm³/mol. The molecule has 5 aromatic rings. The van der Waals surface area contributed by atoms with E-state index in [1.807, 2.05) is 4.57 Å². The summed E-state index contributed by atoms with van der Waals surface area (Å²) in [5.74, 6) is 0.135. The van der Waals surface area contributed by atoms with Gasteiger partial charge >= 0.3 is 6.01 Å². The number of hydrogen-bond acceptors (Lipinski definition) is 7. The SMILES string of the molecule is C=CC(=O)Nc1ccc(-c2c(-c3ccc(Oc4nccc(C(F)F)n4)cc3)c3c(N)ncc(C#N)c3n2C)c(Cl)c1. The summed E-state index contributed by atoms with van der Waals surface area (Å²) in [6, 6.07) is 14.9. The van der Waals surface area contributed by atoms with Crippen LogP contribution in [0, 0.1) is 11.3 Å². The number of nitrogen functional groups attached to an aromatic ring is 1. The van der Waals surface area contributed by atoms with E-state index in [0.29, 0.717) is 55.3 Å². The molecule has 3 N–H and O–H groups in total. The Bertz CT molecular complexity index is 1860. The second kappa shape index (κ2) is 11.0. The molecule has 204 valence electrons. The molecule has 0 saturated heterocycles. The molecule has 0 aliphatic rings. The molecule has 0 aliphatic carbocycles. The monoisotopic (exact) mass is 571 g/mol. The van der Waals surface area contributed by atoms with Crippen molar-refractivity contribution in [3.63, 3.8) is 0 Å². The van der Waals surface area contributed by atoms with Crippen LogP contribution in [0.2, 0.25) is 5.02 Å². The highest BCUT2D eigenvalue weighted by Crippen LogP contribution is 2.45. The van der Waals surface area contributed by atoms with Crippen LogP contribution in [0.3, 0.4) is 0 Å². The van der Waals surface area contributed by atoms with Crippen LogP contribution in [0.25, 0.3) is 33.3 Å². The molecule has 2 aromatic carbocycles. The summed E-state index contributed by atoms with van der Waals surface area (Å²) in [5, 5.41) is 13.4. The number of pyridine rings is 1. The van der Waals surface area contributed by atoms with Gasteiger partial charge in [0.05, 0.1) is 27.2 Å². The Balaban J connectivity index is 1.65. The number of nitriles is 1. The van der Waals surface area contributed by atoms with Crippen molar-refractivity contribution in [1.82, 2.24) is 19.5 Å². The number of amides is 1. The minimum atomic E-state index is -2.76. The third kappa shape index (κ3) is 5.16. The standard InChI is InChI=1S/C29H20ClF2N7O2/c1-3-22(40)37-17-6-9-19(20(30)12-17)26-23(24-25(39(26)2)16(13-33)14-36-28(24)34)15-4-7-18(8-5-15)41-29-35-11-10-21(38-29)27(31)32/h3-12,14,27H,1H2,2H3,(H2,34,36)(H,37,40). The van der Waals surface area contributed by atoms with Crippen LogP contribution in [0.1, 0.15) is 17.7 Å². The molecule has 0 atom stereocenters. The molecule has 5 rings (SSSR count). The maximum atomic E-state index is 13.0. The third-order valence-corrected chi connectivity index (χ3v) is 6.58. The van der Waals surface area contributed by atoms with Crippen LogP contribution in [-0.2, 0) is 11.8 Å². The van der Waals surface area contributed by atoms with Crippen molar-refractivity contribution in [2.45, 2.75) is 6.43 Å². The lowest BCUT2D eigenvalue weighted by molar-refractivity contribution is -0.111. The van der Waals surface area contributed by atoms with Gasteiger partial charge in [0, 0.05) is 36.3 Å². The number of nitrogens with two attached hydrogens (primary N) is 1. The zero-order valence-corrected chi connectivity index (χ0v) is 22.2. The summed E-state index contributed by atoms with van der Waals surface area (Å²) in [7, 11) is 1.79. The molecule has 0 fully saturated rings. The number of benzene rings is 2. The summed E-state index contributed by atoms with van der Waals surface area (Å²) in [4.78, 5) is 23.6. The van der Waals surface area contributed by atoms with Gasteiger partial charge < -0.3 is 20.4 Å². The van der Waals surface area contributed by atoms with E-state index in [4.69, 9.17) is 22.1 Å². The summed E-state index contributed by atoms with van der Waals surface area (Å²) in [5.41, 5.74) is 9.84. The molecule has 1 amide bonds. The molecule has 0 aliphatic heterocycles. The van der Waals surface area contributed by atoms with Gasteiger partial charge in [0.2, 0.25) is 5.91 Å². The maximum absolute atomic E-state index is 13.0. The van der Waals surface area contributed by atoms with Crippen LogP contribution in [-0.4, -0.2) is 25.4 Å². The average Bonchev–Trinajstić information content (AvgIpc) is 3.27. The Morgan fingerprint density at radius 3 is 2.63 bits per heavy atom. The number of ether oxygens (including phenoxy) is 1. The molecule has 12 heteroatoms. The molecular weight excluding hydrogens is 552 g/mol. The number of fused-ring (bicyclic) bond motifs is 1. The fourth-order valence-corrected chi connectivity index (χ4v) is 4.75. The van der Waals surface area contributed by atoms with E-state index in [1.54, 1.807) is 49.5 Å². The van der Waals surface area contributed by atoms with Gasteiger partial charge in [0.25, 0.3) is 6.43 Å². The van der Waals surface area contributed by atoms with Crippen LogP contribution >= 0.6 is 11.6 Å². The van der Waals surface area contributed by atoms with Crippen LogP contribution < -0.4 is 15.8 Å². The van der Waals surface area contributed by atoms with E-state index in [-0.39, 0.29) is 17.7 Å². The summed E-state index contributed by atoms with van der Waals surface area (Å²) in [6.45, 7) is 3.45.